The maximum Gasteiger partial charge on any atom is 0.125 e. The first kappa shape index (κ1) is 17.3. The zero-order valence-electron chi connectivity index (χ0n) is 13.9. The minimum Gasteiger partial charge on any atom is -0.327 e. The lowest BCUT2D eigenvalue weighted by Gasteiger charge is -2.37. The number of carbonyl (C=O) groups excluding carboxylic acids is 1. The van der Waals surface area contributed by atoms with Crippen LogP contribution in [0.3, 0.4) is 0 Å². The van der Waals surface area contributed by atoms with Crippen molar-refractivity contribution in [3.63, 3.8) is 0 Å². The van der Waals surface area contributed by atoms with Crippen LogP contribution in [0.15, 0.2) is 29.8 Å². The van der Waals surface area contributed by atoms with Crippen LogP contribution in [0.5, 0.6) is 0 Å². The van der Waals surface area contributed by atoms with Crippen molar-refractivity contribution < 1.29 is 4.79 Å². The maximum absolute atomic E-state index is 11.6. The fourth-order valence-electron chi connectivity index (χ4n) is 3.86. The Bertz CT molecular complexity index is 692. The lowest BCUT2D eigenvalue weighted by Crippen LogP contribution is -2.48. The van der Waals surface area contributed by atoms with Gasteiger partial charge in [0.2, 0.25) is 0 Å². The summed E-state index contributed by atoms with van der Waals surface area (Å²) in [6, 6.07) is 10.2. The summed E-state index contributed by atoms with van der Waals surface area (Å²) in [4.78, 5) is 14.0. The van der Waals surface area contributed by atoms with Crippen molar-refractivity contribution in [3.05, 3.63) is 41.0 Å². The number of nitriles is 1. The van der Waals surface area contributed by atoms with Crippen molar-refractivity contribution in [3.8, 4) is 6.07 Å². The molecule has 2 fully saturated rings. The fourth-order valence-corrected chi connectivity index (χ4v) is 5.44. The van der Waals surface area contributed by atoms with E-state index in [2.05, 4.69) is 23.8 Å². The molecule has 0 saturated carbocycles. The number of thioether (sulfide) groups is 1. The highest BCUT2D eigenvalue weighted by molar-refractivity contribution is 8.01. The van der Waals surface area contributed by atoms with Gasteiger partial charge in [0.05, 0.1) is 17.0 Å². The molecule has 2 N–H and O–H groups in total. The quantitative estimate of drug-likeness (QED) is 0.855. The van der Waals surface area contributed by atoms with Crippen LogP contribution in [-0.2, 0) is 11.2 Å². The molecule has 1 aromatic carbocycles. The van der Waals surface area contributed by atoms with E-state index in [9.17, 15) is 10.1 Å². The van der Waals surface area contributed by atoms with Crippen molar-refractivity contribution in [1.29, 1.82) is 5.26 Å². The van der Waals surface area contributed by atoms with Gasteiger partial charge in [-0.3, -0.25) is 4.90 Å². The minimum atomic E-state index is 0.0994. The molecule has 3 unspecified atom stereocenters. The average Bonchev–Trinajstić information content (AvgIpc) is 2.91. The molecule has 5 heteroatoms. The summed E-state index contributed by atoms with van der Waals surface area (Å²) >= 11 is 1.84. The number of likely N-dealkylation sites (tertiary alicyclic amines) is 1. The van der Waals surface area contributed by atoms with Crippen molar-refractivity contribution in [2.24, 2.45) is 11.7 Å². The Kier molecular flexibility index (Phi) is 5.43. The smallest absolute Gasteiger partial charge is 0.125 e. The molecule has 2 saturated heterocycles. The van der Waals surface area contributed by atoms with Crippen molar-refractivity contribution >= 4 is 17.7 Å². The minimum absolute atomic E-state index is 0.0994. The molecule has 2 heterocycles. The van der Waals surface area contributed by atoms with Gasteiger partial charge < -0.3 is 5.73 Å². The van der Waals surface area contributed by atoms with E-state index < -0.39 is 0 Å². The zero-order chi connectivity index (χ0) is 17.1. The number of hydrogen-bond donors (Lipinski definition) is 1. The molecule has 4 nitrogen and oxygen atoms in total. The lowest BCUT2D eigenvalue weighted by atomic mass is 9.88. The molecule has 2 aliphatic rings. The van der Waals surface area contributed by atoms with Crippen LogP contribution >= 0.6 is 11.8 Å². The number of piperidine rings is 1. The van der Waals surface area contributed by atoms with E-state index in [1.165, 1.54) is 0 Å². The molecule has 1 aromatic rings. The fraction of sp³-hybridized carbons (Fsp3) is 0.526. The summed E-state index contributed by atoms with van der Waals surface area (Å²) in [6.45, 7) is 3.99. The van der Waals surface area contributed by atoms with Crippen LogP contribution in [0.4, 0.5) is 0 Å². The van der Waals surface area contributed by atoms with E-state index in [1.54, 1.807) is 0 Å². The third-order valence-corrected chi connectivity index (χ3v) is 6.64. The van der Waals surface area contributed by atoms with Crippen molar-refractivity contribution in [1.82, 2.24) is 4.90 Å². The van der Waals surface area contributed by atoms with Gasteiger partial charge in [-0.1, -0.05) is 18.2 Å². The number of hydrogen-bond acceptors (Lipinski definition) is 5. The summed E-state index contributed by atoms with van der Waals surface area (Å²) in [5.74, 6) is 2.31. The van der Waals surface area contributed by atoms with Gasteiger partial charge in [-0.2, -0.15) is 5.26 Å². The Morgan fingerprint density at radius 2 is 2.21 bits per heavy atom. The van der Waals surface area contributed by atoms with Crippen molar-refractivity contribution in [2.45, 2.75) is 42.9 Å². The Labute approximate surface area is 147 Å². The van der Waals surface area contributed by atoms with E-state index in [0.29, 0.717) is 12.0 Å². The topological polar surface area (TPSA) is 70.1 Å². The highest BCUT2D eigenvalue weighted by Crippen LogP contribution is 2.45. The second-order valence-corrected chi connectivity index (χ2v) is 8.17. The molecule has 2 aliphatic heterocycles. The van der Waals surface area contributed by atoms with Gasteiger partial charge in [0.25, 0.3) is 0 Å². The number of benzene rings is 1. The normalized spacial score (nSPS) is 30.8. The second kappa shape index (κ2) is 7.55. The van der Waals surface area contributed by atoms with Crippen LogP contribution in [0.25, 0.3) is 0 Å². The van der Waals surface area contributed by atoms with E-state index >= 15 is 0 Å². The molecule has 3 rings (SSSR count). The largest absolute Gasteiger partial charge is 0.327 e. The highest BCUT2D eigenvalue weighted by atomic mass is 32.2. The number of rotatable bonds is 3. The van der Waals surface area contributed by atoms with Gasteiger partial charge in [-0.15, -0.1) is 11.8 Å². The SMILES string of the molecule is CC1S[C@@H](N2CCCC(N)C2)C(Cc2ccccc2C#N)C1=C=O. The van der Waals surface area contributed by atoms with Crippen LogP contribution < -0.4 is 5.73 Å². The first-order valence-electron chi connectivity index (χ1n) is 8.52. The Balaban J connectivity index is 1.88. The first-order valence-corrected chi connectivity index (χ1v) is 9.46. The van der Waals surface area contributed by atoms with E-state index in [1.807, 2.05) is 36.0 Å². The van der Waals surface area contributed by atoms with E-state index in [4.69, 9.17) is 5.73 Å². The summed E-state index contributed by atoms with van der Waals surface area (Å²) in [5, 5.41) is 9.77. The summed E-state index contributed by atoms with van der Waals surface area (Å²) < 4.78 is 0. The summed E-state index contributed by atoms with van der Waals surface area (Å²) in [6.07, 6.45) is 2.89. The second-order valence-electron chi connectivity index (χ2n) is 6.70. The van der Waals surface area contributed by atoms with Gasteiger partial charge in [0.1, 0.15) is 5.94 Å². The van der Waals surface area contributed by atoms with Crippen LogP contribution in [0, 0.1) is 17.2 Å². The molecule has 0 bridgehead atoms. The zero-order valence-corrected chi connectivity index (χ0v) is 14.8. The molecule has 4 atom stereocenters. The molecule has 0 radical (unpaired) electrons. The molecule has 0 amide bonds. The molecular formula is C19H23N3OS. The van der Waals surface area contributed by atoms with Gasteiger partial charge in [0.15, 0.2) is 0 Å². The standard InChI is InChI=1S/C19H23N3OS/c1-13-18(12-23)17(9-14-5-2-3-6-15(14)10-20)19(24-13)22-8-4-7-16(21)11-22/h2-3,5-6,13,16-17,19H,4,7-9,11,21H2,1H3/t13?,16?,17?,19-/m1/s1. The van der Waals surface area contributed by atoms with E-state index in [0.717, 1.165) is 37.1 Å². The molecule has 24 heavy (non-hydrogen) atoms. The highest BCUT2D eigenvalue weighted by Gasteiger charge is 2.42. The van der Waals surface area contributed by atoms with Crippen LogP contribution in [-0.4, -0.2) is 40.6 Å². The summed E-state index contributed by atoms with van der Waals surface area (Å²) in [5.41, 5.74) is 8.71. The Morgan fingerprint density at radius 1 is 1.42 bits per heavy atom. The molecular weight excluding hydrogens is 318 g/mol. The molecule has 0 aliphatic carbocycles. The predicted octanol–water partition coefficient (Wildman–Crippen LogP) is 2.36. The molecule has 126 valence electrons. The van der Waals surface area contributed by atoms with Gasteiger partial charge >= 0.3 is 0 Å². The number of nitrogens with zero attached hydrogens (tertiary/aromatic N) is 2. The summed E-state index contributed by atoms with van der Waals surface area (Å²) in [7, 11) is 0. The Morgan fingerprint density at radius 3 is 2.92 bits per heavy atom. The van der Waals surface area contributed by atoms with E-state index in [-0.39, 0.29) is 22.6 Å². The van der Waals surface area contributed by atoms with Crippen LogP contribution in [0.1, 0.15) is 30.9 Å². The van der Waals surface area contributed by atoms with Gasteiger partial charge in [0, 0.05) is 29.3 Å². The molecule has 0 spiro atoms. The lowest BCUT2D eigenvalue weighted by molar-refractivity contribution is 0.172. The maximum atomic E-state index is 11.6. The van der Waals surface area contributed by atoms with Gasteiger partial charge in [-0.05, 0) is 44.4 Å². The first-order chi connectivity index (χ1) is 11.6. The predicted molar refractivity (Wildman–Crippen MR) is 97.2 cm³/mol. The molecule has 0 aromatic heterocycles. The Hall–Kier alpha value is -1.57. The third kappa shape index (κ3) is 3.43. The number of nitrogens with two attached hydrogens (primary N) is 1. The average molecular weight is 341 g/mol. The van der Waals surface area contributed by atoms with Crippen molar-refractivity contribution in [2.75, 3.05) is 13.1 Å². The van der Waals surface area contributed by atoms with Gasteiger partial charge in [-0.25, -0.2) is 4.79 Å². The van der Waals surface area contributed by atoms with Crippen LogP contribution in [0.2, 0.25) is 0 Å². The third-order valence-electron chi connectivity index (χ3n) is 5.07. The monoisotopic (exact) mass is 341 g/mol.